The van der Waals surface area contributed by atoms with E-state index in [1.165, 1.54) is 21.9 Å². The molecule has 18 heavy (non-hydrogen) atoms. The van der Waals surface area contributed by atoms with E-state index in [1.54, 1.807) is 0 Å². The zero-order valence-electron chi connectivity index (χ0n) is 12.2. The lowest BCUT2D eigenvalue weighted by Gasteiger charge is -2.31. The summed E-state index contributed by atoms with van der Waals surface area (Å²) >= 11 is 0. The Morgan fingerprint density at radius 1 is 0.778 bits per heavy atom. The second-order valence-electron chi connectivity index (χ2n) is 6.98. The molecule has 96 valence electrons. The van der Waals surface area contributed by atoms with Crippen LogP contribution in [-0.2, 0) is 10.8 Å². The van der Waals surface area contributed by atoms with Gasteiger partial charge < -0.3 is 0 Å². The molecule has 2 rings (SSSR count). The van der Waals surface area contributed by atoms with Crippen molar-refractivity contribution in [1.29, 1.82) is 0 Å². The maximum atomic E-state index is 4.06. The molecule has 2 aromatic rings. The van der Waals surface area contributed by atoms with Gasteiger partial charge in [0.1, 0.15) is 0 Å². The number of rotatable bonds is 0. The summed E-state index contributed by atoms with van der Waals surface area (Å²) < 4.78 is 0. The number of aromatic nitrogens is 2. The lowest BCUT2D eigenvalue weighted by Crippen LogP contribution is -2.22. The van der Waals surface area contributed by atoms with Crippen LogP contribution >= 0.6 is 0 Å². The lowest BCUT2D eigenvalue weighted by atomic mass is 9.73. The third-order valence-electron chi connectivity index (χ3n) is 3.29. The van der Waals surface area contributed by atoms with Crippen molar-refractivity contribution in [2.45, 2.75) is 52.4 Å². The van der Waals surface area contributed by atoms with Crippen LogP contribution in [0, 0.1) is 0 Å². The molecule has 1 aromatic heterocycles. The molecule has 1 heterocycles. The summed E-state index contributed by atoms with van der Waals surface area (Å²) in [6.07, 6.45) is 3.74. The predicted molar refractivity (Wildman–Crippen MR) is 76.9 cm³/mol. The first-order valence-electron chi connectivity index (χ1n) is 6.45. The molecular weight excluding hydrogens is 220 g/mol. The van der Waals surface area contributed by atoms with Gasteiger partial charge in [-0.1, -0.05) is 53.7 Å². The van der Waals surface area contributed by atoms with Crippen molar-refractivity contribution in [3.05, 3.63) is 35.7 Å². The Morgan fingerprint density at radius 3 is 1.94 bits per heavy atom. The topological polar surface area (TPSA) is 25.8 Å². The van der Waals surface area contributed by atoms with E-state index in [4.69, 9.17) is 0 Å². The summed E-state index contributed by atoms with van der Waals surface area (Å²) in [5.74, 6) is 0. The largest absolute Gasteiger partial charge is 0.158 e. The molecule has 0 amide bonds. The molecule has 0 saturated carbocycles. The first kappa shape index (κ1) is 13.0. The van der Waals surface area contributed by atoms with Crippen molar-refractivity contribution < 1.29 is 0 Å². The summed E-state index contributed by atoms with van der Waals surface area (Å²) in [6, 6.07) is 4.39. The fourth-order valence-corrected chi connectivity index (χ4v) is 2.51. The van der Waals surface area contributed by atoms with Crippen LogP contribution in [0.15, 0.2) is 24.5 Å². The standard InChI is InChI=1S/C16H22N2/c1-15(2,3)13-8-7-11-9-17-18-10-12(11)14(13)16(4,5)6/h7-10H,1-6H3. The second-order valence-corrected chi connectivity index (χ2v) is 6.98. The number of hydrogen-bond donors (Lipinski definition) is 0. The quantitative estimate of drug-likeness (QED) is 0.691. The minimum absolute atomic E-state index is 0.102. The molecule has 2 heteroatoms. The zero-order valence-corrected chi connectivity index (χ0v) is 12.2. The minimum Gasteiger partial charge on any atom is -0.158 e. The molecule has 0 fully saturated rings. The summed E-state index contributed by atoms with van der Waals surface area (Å²) in [4.78, 5) is 0. The van der Waals surface area contributed by atoms with Crippen LogP contribution in [-0.4, -0.2) is 10.2 Å². The third-order valence-corrected chi connectivity index (χ3v) is 3.29. The molecule has 0 radical (unpaired) electrons. The highest BCUT2D eigenvalue weighted by Crippen LogP contribution is 2.38. The molecular formula is C16H22N2. The molecule has 0 saturated heterocycles. The van der Waals surface area contributed by atoms with Crippen LogP contribution in [0.1, 0.15) is 52.7 Å². The van der Waals surface area contributed by atoms with Gasteiger partial charge in [-0.3, -0.25) is 0 Å². The Labute approximate surface area is 109 Å². The van der Waals surface area contributed by atoms with Gasteiger partial charge in [-0.25, -0.2) is 0 Å². The van der Waals surface area contributed by atoms with Crippen molar-refractivity contribution in [1.82, 2.24) is 10.2 Å². The molecule has 0 N–H and O–H groups in total. The van der Waals surface area contributed by atoms with Crippen LogP contribution in [0.2, 0.25) is 0 Å². The van der Waals surface area contributed by atoms with Crippen molar-refractivity contribution >= 4 is 10.8 Å². The molecule has 0 aliphatic carbocycles. The van der Waals surface area contributed by atoms with E-state index in [9.17, 15) is 0 Å². The fourth-order valence-electron chi connectivity index (χ4n) is 2.51. The van der Waals surface area contributed by atoms with Crippen molar-refractivity contribution in [3.8, 4) is 0 Å². The summed E-state index contributed by atoms with van der Waals surface area (Å²) in [6.45, 7) is 13.6. The van der Waals surface area contributed by atoms with Gasteiger partial charge in [0.2, 0.25) is 0 Å². The van der Waals surface area contributed by atoms with Gasteiger partial charge in [0.15, 0.2) is 0 Å². The first-order valence-corrected chi connectivity index (χ1v) is 6.45. The number of benzene rings is 1. The highest BCUT2D eigenvalue weighted by atomic mass is 15.1. The Hall–Kier alpha value is -1.44. The van der Waals surface area contributed by atoms with E-state index >= 15 is 0 Å². The highest BCUT2D eigenvalue weighted by Gasteiger charge is 2.26. The van der Waals surface area contributed by atoms with Gasteiger partial charge in [0.25, 0.3) is 0 Å². The lowest BCUT2D eigenvalue weighted by molar-refractivity contribution is 0.534. The third kappa shape index (κ3) is 2.24. The van der Waals surface area contributed by atoms with Crippen LogP contribution in [0.25, 0.3) is 10.8 Å². The Bertz CT molecular complexity index is 572. The molecule has 0 bridgehead atoms. The zero-order chi connectivity index (χ0) is 13.6. The fraction of sp³-hybridized carbons (Fsp3) is 0.500. The maximum absolute atomic E-state index is 4.06. The van der Waals surface area contributed by atoms with Gasteiger partial charge in [-0.2, -0.15) is 10.2 Å². The van der Waals surface area contributed by atoms with Crippen molar-refractivity contribution in [2.75, 3.05) is 0 Å². The number of fused-ring (bicyclic) bond motifs is 1. The van der Waals surface area contributed by atoms with Crippen molar-refractivity contribution in [3.63, 3.8) is 0 Å². The molecule has 0 unspecified atom stereocenters. The molecule has 1 aromatic carbocycles. The predicted octanol–water partition coefficient (Wildman–Crippen LogP) is 4.22. The second kappa shape index (κ2) is 4.04. The SMILES string of the molecule is CC(C)(C)c1ccc2cnncc2c1C(C)(C)C. The maximum Gasteiger partial charge on any atom is 0.0577 e. The number of nitrogens with zero attached hydrogens (tertiary/aromatic N) is 2. The van der Waals surface area contributed by atoms with E-state index in [2.05, 4.69) is 63.9 Å². The monoisotopic (exact) mass is 242 g/mol. The normalized spacial score (nSPS) is 13.0. The average Bonchev–Trinajstić information content (AvgIpc) is 2.24. The summed E-state index contributed by atoms with van der Waals surface area (Å²) in [5.41, 5.74) is 3.03. The van der Waals surface area contributed by atoms with Gasteiger partial charge in [-0.15, -0.1) is 0 Å². The molecule has 2 nitrogen and oxygen atoms in total. The van der Waals surface area contributed by atoms with Gasteiger partial charge >= 0.3 is 0 Å². The Morgan fingerprint density at radius 2 is 1.39 bits per heavy atom. The van der Waals surface area contributed by atoms with E-state index in [1.807, 2.05) is 12.4 Å². The van der Waals surface area contributed by atoms with E-state index in [-0.39, 0.29) is 10.8 Å². The van der Waals surface area contributed by atoms with E-state index in [0.29, 0.717) is 0 Å². The van der Waals surface area contributed by atoms with Gasteiger partial charge in [0.05, 0.1) is 12.4 Å². The van der Waals surface area contributed by atoms with Crippen LogP contribution < -0.4 is 0 Å². The van der Waals surface area contributed by atoms with Gasteiger partial charge in [-0.05, 0) is 22.0 Å². The van der Waals surface area contributed by atoms with Gasteiger partial charge in [0, 0.05) is 10.8 Å². The molecule has 0 spiro atoms. The summed E-state index contributed by atoms with van der Waals surface area (Å²) in [7, 11) is 0. The van der Waals surface area contributed by atoms with E-state index < -0.39 is 0 Å². The molecule has 0 aliphatic rings. The Balaban J connectivity index is 2.89. The Kier molecular flexibility index (Phi) is 2.92. The van der Waals surface area contributed by atoms with Crippen molar-refractivity contribution in [2.24, 2.45) is 0 Å². The van der Waals surface area contributed by atoms with Crippen LogP contribution in [0.4, 0.5) is 0 Å². The average molecular weight is 242 g/mol. The van der Waals surface area contributed by atoms with E-state index in [0.717, 1.165) is 0 Å². The number of hydrogen-bond acceptors (Lipinski definition) is 2. The molecule has 0 aliphatic heterocycles. The van der Waals surface area contributed by atoms with Crippen LogP contribution in [0.3, 0.4) is 0 Å². The smallest absolute Gasteiger partial charge is 0.0577 e. The molecule has 0 atom stereocenters. The highest BCUT2D eigenvalue weighted by molar-refractivity contribution is 5.86. The first-order chi connectivity index (χ1) is 8.21. The summed E-state index contributed by atoms with van der Waals surface area (Å²) in [5, 5.41) is 10.4. The van der Waals surface area contributed by atoms with Crippen LogP contribution in [0.5, 0.6) is 0 Å². The minimum atomic E-state index is 0.102.